The number of amides is 2. The number of piperazine rings is 1. The smallest absolute Gasteiger partial charge is 0.251 e. The van der Waals surface area contributed by atoms with Gasteiger partial charge in [-0.15, -0.1) is 0 Å². The molecule has 2 amide bonds. The van der Waals surface area contributed by atoms with Gasteiger partial charge < -0.3 is 19.4 Å². The van der Waals surface area contributed by atoms with Crippen LogP contribution in [-0.4, -0.2) is 93.3 Å². The first-order valence-electron chi connectivity index (χ1n) is 10.5. The Morgan fingerprint density at radius 3 is 2.40 bits per heavy atom. The maximum atomic E-state index is 12.9. The molecule has 158 valence electrons. The number of rotatable bonds is 4. The number of hydrogen-bond donors (Lipinski definition) is 0. The number of ether oxygens (including phenoxy) is 1. The SMILES string of the molecule is O=C(C1CN(c2cc(-n3cccn3)ncn2)C1)N1CCN(C(=O)C2CCCO2)CC1. The molecule has 0 spiro atoms. The number of hydrogen-bond acceptors (Lipinski definition) is 7. The van der Waals surface area contributed by atoms with E-state index in [2.05, 4.69) is 20.0 Å². The minimum atomic E-state index is -0.285. The van der Waals surface area contributed by atoms with Crippen molar-refractivity contribution in [3.8, 4) is 5.82 Å². The van der Waals surface area contributed by atoms with Crippen molar-refractivity contribution in [1.29, 1.82) is 0 Å². The highest BCUT2D eigenvalue weighted by molar-refractivity contribution is 5.83. The normalized spacial score (nSPS) is 22.3. The highest BCUT2D eigenvalue weighted by atomic mass is 16.5. The zero-order valence-corrected chi connectivity index (χ0v) is 16.8. The maximum Gasteiger partial charge on any atom is 0.251 e. The molecule has 2 aromatic heterocycles. The molecule has 3 aliphatic heterocycles. The predicted octanol–water partition coefficient (Wildman–Crippen LogP) is -0.0517. The summed E-state index contributed by atoms with van der Waals surface area (Å²) in [4.78, 5) is 39.7. The molecule has 0 saturated carbocycles. The molecule has 5 rings (SSSR count). The van der Waals surface area contributed by atoms with Gasteiger partial charge in [-0.2, -0.15) is 5.10 Å². The first-order chi connectivity index (χ1) is 14.7. The molecule has 2 aromatic rings. The van der Waals surface area contributed by atoms with E-state index in [-0.39, 0.29) is 23.8 Å². The second-order valence-electron chi connectivity index (χ2n) is 7.94. The Balaban J connectivity index is 1.12. The van der Waals surface area contributed by atoms with Crippen molar-refractivity contribution in [2.75, 3.05) is 50.8 Å². The van der Waals surface area contributed by atoms with Crippen LogP contribution >= 0.6 is 0 Å². The van der Waals surface area contributed by atoms with E-state index in [1.807, 2.05) is 28.1 Å². The molecular formula is C20H25N7O3. The first-order valence-corrected chi connectivity index (χ1v) is 10.5. The monoisotopic (exact) mass is 411 g/mol. The Bertz CT molecular complexity index is 899. The summed E-state index contributed by atoms with van der Waals surface area (Å²) >= 11 is 0. The molecule has 0 radical (unpaired) electrons. The molecule has 3 saturated heterocycles. The van der Waals surface area contributed by atoms with E-state index in [4.69, 9.17) is 4.74 Å². The summed E-state index contributed by atoms with van der Waals surface area (Å²) in [6.07, 6.45) is 6.52. The highest BCUT2D eigenvalue weighted by Crippen LogP contribution is 2.25. The van der Waals surface area contributed by atoms with E-state index in [0.29, 0.717) is 51.7 Å². The molecular weight excluding hydrogens is 386 g/mol. The Kier molecular flexibility index (Phi) is 5.07. The van der Waals surface area contributed by atoms with Gasteiger partial charge in [0.15, 0.2) is 5.82 Å². The van der Waals surface area contributed by atoms with Gasteiger partial charge >= 0.3 is 0 Å². The third-order valence-corrected chi connectivity index (χ3v) is 6.04. The largest absolute Gasteiger partial charge is 0.368 e. The molecule has 0 bridgehead atoms. The van der Waals surface area contributed by atoms with Crippen LogP contribution in [0.3, 0.4) is 0 Å². The lowest BCUT2D eigenvalue weighted by atomic mass is 9.98. The van der Waals surface area contributed by atoms with Gasteiger partial charge in [-0.05, 0) is 18.9 Å². The second-order valence-corrected chi connectivity index (χ2v) is 7.94. The molecule has 5 heterocycles. The minimum Gasteiger partial charge on any atom is -0.368 e. The topological polar surface area (TPSA) is 96.7 Å². The molecule has 0 N–H and O–H groups in total. The van der Waals surface area contributed by atoms with Crippen molar-refractivity contribution >= 4 is 17.6 Å². The van der Waals surface area contributed by atoms with Crippen molar-refractivity contribution in [2.24, 2.45) is 5.92 Å². The average Bonchev–Trinajstić information content (AvgIpc) is 3.47. The van der Waals surface area contributed by atoms with E-state index in [1.54, 1.807) is 10.9 Å². The third-order valence-electron chi connectivity index (χ3n) is 6.04. The Labute approximate surface area is 174 Å². The number of carbonyl (C=O) groups is 2. The molecule has 10 heteroatoms. The fraction of sp³-hybridized carbons (Fsp3) is 0.550. The number of anilines is 1. The quantitative estimate of drug-likeness (QED) is 0.696. The van der Waals surface area contributed by atoms with Gasteiger partial charge in [-0.25, -0.2) is 14.6 Å². The molecule has 3 aliphatic rings. The third kappa shape index (κ3) is 3.62. The van der Waals surface area contributed by atoms with Gasteiger partial charge in [-0.3, -0.25) is 9.59 Å². The van der Waals surface area contributed by atoms with Crippen molar-refractivity contribution < 1.29 is 14.3 Å². The van der Waals surface area contributed by atoms with Gasteiger partial charge in [0.2, 0.25) is 5.91 Å². The van der Waals surface area contributed by atoms with Gasteiger partial charge in [0.05, 0.1) is 5.92 Å². The van der Waals surface area contributed by atoms with Crippen molar-refractivity contribution in [3.05, 3.63) is 30.9 Å². The van der Waals surface area contributed by atoms with E-state index >= 15 is 0 Å². The molecule has 30 heavy (non-hydrogen) atoms. The predicted molar refractivity (Wildman–Crippen MR) is 107 cm³/mol. The van der Waals surface area contributed by atoms with Crippen LogP contribution in [0.4, 0.5) is 5.82 Å². The summed E-state index contributed by atoms with van der Waals surface area (Å²) in [7, 11) is 0. The lowest BCUT2D eigenvalue weighted by Crippen LogP contribution is -2.59. The van der Waals surface area contributed by atoms with E-state index in [9.17, 15) is 9.59 Å². The first kappa shape index (κ1) is 19.0. The highest BCUT2D eigenvalue weighted by Gasteiger charge is 2.38. The summed E-state index contributed by atoms with van der Waals surface area (Å²) in [5.74, 6) is 1.70. The second kappa shape index (κ2) is 8.02. The van der Waals surface area contributed by atoms with Crippen LogP contribution in [0.25, 0.3) is 5.82 Å². The Morgan fingerprint density at radius 1 is 1.00 bits per heavy atom. The molecule has 0 aromatic carbocycles. The molecule has 1 unspecified atom stereocenters. The van der Waals surface area contributed by atoms with Gasteiger partial charge in [0, 0.05) is 64.3 Å². The maximum absolute atomic E-state index is 12.9. The number of nitrogens with zero attached hydrogens (tertiary/aromatic N) is 7. The van der Waals surface area contributed by atoms with Gasteiger partial charge in [-0.1, -0.05) is 0 Å². The summed E-state index contributed by atoms with van der Waals surface area (Å²) < 4.78 is 7.19. The zero-order chi connectivity index (χ0) is 20.5. The van der Waals surface area contributed by atoms with E-state index in [1.165, 1.54) is 6.33 Å². The minimum absolute atomic E-state index is 0.0338. The van der Waals surface area contributed by atoms with Gasteiger partial charge in [0.25, 0.3) is 5.91 Å². The Morgan fingerprint density at radius 2 is 1.73 bits per heavy atom. The summed E-state index contributed by atoms with van der Waals surface area (Å²) in [5, 5.41) is 4.19. The lowest BCUT2D eigenvalue weighted by Gasteiger charge is -2.43. The average molecular weight is 411 g/mol. The summed E-state index contributed by atoms with van der Waals surface area (Å²) in [6.45, 7) is 4.30. The van der Waals surface area contributed by atoms with Crippen LogP contribution in [0.1, 0.15) is 12.8 Å². The molecule has 3 fully saturated rings. The van der Waals surface area contributed by atoms with Crippen LogP contribution in [0.15, 0.2) is 30.9 Å². The van der Waals surface area contributed by atoms with Crippen molar-refractivity contribution in [1.82, 2.24) is 29.5 Å². The molecule has 10 nitrogen and oxygen atoms in total. The lowest BCUT2D eigenvalue weighted by molar-refractivity contribution is -0.147. The van der Waals surface area contributed by atoms with E-state index in [0.717, 1.165) is 18.7 Å². The van der Waals surface area contributed by atoms with Crippen molar-refractivity contribution in [2.45, 2.75) is 18.9 Å². The number of aromatic nitrogens is 4. The molecule has 1 atom stereocenters. The van der Waals surface area contributed by atoms with Crippen LogP contribution < -0.4 is 4.90 Å². The van der Waals surface area contributed by atoms with Crippen LogP contribution in [-0.2, 0) is 14.3 Å². The van der Waals surface area contributed by atoms with Crippen LogP contribution in [0.5, 0.6) is 0 Å². The number of carbonyl (C=O) groups excluding carboxylic acids is 2. The van der Waals surface area contributed by atoms with E-state index < -0.39 is 0 Å². The fourth-order valence-corrected chi connectivity index (χ4v) is 4.24. The zero-order valence-electron chi connectivity index (χ0n) is 16.8. The van der Waals surface area contributed by atoms with Crippen molar-refractivity contribution in [3.63, 3.8) is 0 Å². The fourth-order valence-electron chi connectivity index (χ4n) is 4.24. The van der Waals surface area contributed by atoms with Crippen LogP contribution in [0, 0.1) is 5.92 Å². The van der Waals surface area contributed by atoms with Gasteiger partial charge in [0.1, 0.15) is 18.2 Å². The standard InChI is InChI=1S/C20H25N7O3/c28-19(24-6-8-25(9-7-24)20(29)16-3-1-10-30-16)15-12-26(13-15)17-11-18(22-14-21-17)27-5-2-4-23-27/h2,4-5,11,14-16H,1,3,6-10,12-13H2. The molecule has 0 aliphatic carbocycles. The summed E-state index contributed by atoms with van der Waals surface area (Å²) in [6, 6.07) is 3.72. The van der Waals surface area contributed by atoms with Crippen LogP contribution in [0.2, 0.25) is 0 Å². The summed E-state index contributed by atoms with van der Waals surface area (Å²) in [5.41, 5.74) is 0. The Hall–Kier alpha value is -3.01.